The van der Waals surface area contributed by atoms with Crippen LogP contribution in [0.15, 0.2) is 0 Å². The van der Waals surface area contributed by atoms with Crippen molar-refractivity contribution in [1.82, 2.24) is 5.32 Å². The molecule has 1 heterocycles. The first-order valence-corrected chi connectivity index (χ1v) is 7.67. The minimum absolute atomic E-state index is 0.295. The van der Waals surface area contributed by atoms with E-state index in [1.54, 1.807) is 0 Å². The molecule has 2 aliphatic rings. The van der Waals surface area contributed by atoms with Crippen molar-refractivity contribution in [3.8, 4) is 0 Å². The smallest absolute Gasteiger partial charge is 0.0472 e. The highest BCUT2D eigenvalue weighted by Crippen LogP contribution is 2.35. The van der Waals surface area contributed by atoms with Gasteiger partial charge in [0.25, 0.3) is 0 Å². The van der Waals surface area contributed by atoms with E-state index < -0.39 is 0 Å². The second-order valence-corrected chi connectivity index (χ2v) is 6.79. The van der Waals surface area contributed by atoms with Crippen LogP contribution in [-0.2, 0) is 4.74 Å². The van der Waals surface area contributed by atoms with Gasteiger partial charge in [-0.25, -0.2) is 0 Å². The predicted molar refractivity (Wildman–Crippen MR) is 75.6 cm³/mol. The van der Waals surface area contributed by atoms with Gasteiger partial charge in [0.2, 0.25) is 0 Å². The third kappa shape index (κ3) is 3.69. The fourth-order valence-corrected chi connectivity index (χ4v) is 3.47. The van der Waals surface area contributed by atoms with Gasteiger partial charge in [-0.2, -0.15) is 0 Å². The lowest BCUT2D eigenvalue weighted by molar-refractivity contribution is 0.0176. The van der Waals surface area contributed by atoms with E-state index in [1.165, 1.54) is 32.1 Å². The molecule has 3 N–H and O–H groups in total. The molecule has 2 rings (SSSR count). The number of hydrogen-bond acceptors (Lipinski definition) is 3. The summed E-state index contributed by atoms with van der Waals surface area (Å²) < 4.78 is 5.46. The molecule has 18 heavy (non-hydrogen) atoms. The van der Waals surface area contributed by atoms with Gasteiger partial charge in [0.05, 0.1) is 0 Å². The molecule has 0 aromatic heterocycles. The topological polar surface area (TPSA) is 47.3 Å². The molecule has 3 heteroatoms. The van der Waals surface area contributed by atoms with E-state index in [2.05, 4.69) is 12.2 Å². The standard InChI is InChI=1S/C15H30N2O/c1-14(5-3-2-4-6-14)12-17-13-15(11-16)7-9-18-10-8-15/h17H,2-13,16H2,1H3. The van der Waals surface area contributed by atoms with Gasteiger partial charge in [-0.05, 0) is 43.1 Å². The first-order chi connectivity index (χ1) is 8.68. The van der Waals surface area contributed by atoms with Crippen LogP contribution in [0.5, 0.6) is 0 Å². The van der Waals surface area contributed by atoms with Crippen LogP contribution in [0.1, 0.15) is 51.9 Å². The fourth-order valence-electron chi connectivity index (χ4n) is 3.47. The van der Waals surface area contributed by atoms with Crippen molar-refractivity contribution in [2.24, 2.45) is 16.6 Å². The van der Waals surface area contributed by atoms with Crippen LogP contribution in [0.25, 0.3) is 0 Å². The number of hydrogen-bond donors (Lipinski definition) is 2. The molecular formula is C15H30N2O. The van der Waals surface area contributed by atoms with Crippen molar-refractivity contribution in [3.05, 3.63) is 0 Å². The van der Waals surface area contributed by atoms with Crippen molar-refractivity contribution in [3.63, 3.8) is 0 Å². The highest BCUT2D eigenvalue weighted by atomic mass is 16.5. The van der Waals surface area contributed by atoms with Crippen LogP contribution in [0.3, 0.4) is 0 Å². The van der Waals surface area contributed by atoms with Crippen molar-refractivity contribution in [1.29, 1.82) is 0 Å². The van der Waals surface area contributed by atoms with Gasteiger partial charge in [-0.15, -0.1) is 0 Å². The van der Waals surface area contributed by atoms with Crippen LogP contribution in [0.2, 0.25) is 0 Å². The third-order valence-corrected chi connectivity index (χ3v) is 5.10. The average molecular weight is 254 g/mol. The lowest BCUT2D eigenvalue weighted by atomic mass is 9.75. The Morgan fingerprint density at radius 2 is 1.67 bits per heavy atom. The Morgan fingerprint density at radius 3 is 2.28 bits per heavy atom. The minimum Gasteiger partial charge on any atom is -0.381 e. The predicted octanol–water partition coefficient (Wildman–Crippen LogP) is 2.30. The Balaban J connectivity index is 1.75. The maximum absolute atomic E-state index is 5.99. The van der Waals surface area contributed by atoms with Crippen molar-refractivity contribution >= 4 is 0 Å². The minimum atomic E-state index is 0.295. The Kier molecular flexibility index (Phi) is 5.05. The molecule has 0 radical (unpaired) electrons. The summed E-state index contributed by atoms with van der Waals surface area (Å²) in [5.41, 5.74) is 6.82. The first kappa shape index (κ1) is 14.3. The summed E-state index contributed by atoms with van der Waals surface area (Å²) in [7, 11) is 0. The van der Waals surface area contributed by atoms with Gasteiger partial charge in [-0.3, -0.25) is 0 Å². The molecule has 0 spiro atoms. The van der Waals surface area contributed by atoms with Crippen molar-refractivity contribution in [2.75, 3.05) is 32.8 Å². The average Bonchev–Trinajstić information content (AvgIpc) is 2.40. The molecule has 1 aliphatic heterocycles. The zero-order valence-electron chi connectivity index (χ0n) is 12.0. The molecule has 3 nitrogen and oxygen atoms in total. The summed E-state index contributed by atoms with van der Waals surface area (Å²) in [5.74, 6) is 0. The van der Waals surface area contributed by atoms with Crippen LogP contribution in [0.4, 0.5) is 0 Å². The SMILES string of the molecule is CC1(CNCC2(CN)CCOCC2)CCCCC1. The molecule has 1 saturated carbocycles. The summed E-state index contributed by atoms with van der Waals surface area (Å²) in [4.78, 5) is 0. The molecule has 0 aromatic rings. The molecule has 1 saturated heterocycles. The lowest BCUT2D eigenvalue weighted by Crippen LogP contribution is -2.46. The van der Waals surface area contributed by atoms with E-state index in [9.17, 15) is 0 Å². The van der Waals surface area contributed by atoms with Crippen molar-refractivity contribution in [2.45, 2.75) is 51.9 Å². The first-order valence-electron chi connectivity index (χ1n) is 7.67. The Labute approximate surface area is 112 Å². The highest BCUT2D eigenvalue weighted by molar-refractivity contribution is 4.87. The van der Waals surface area contributed by atoms with Crippen LogP contribution in [0, 0.1) is 10.8 Å². The van der Waals surface area contributed by atoms with E-state index in [-0.39, 0.29) is 0 Å². The van der Waals surface area contributed by atoms with E-state index in [1.807, 2.05) is 0 Å². The molecular weight excluding hydrogens is 224 g/mol. The number of nitrogens with two attached hydrogens (primary N) is 1. The molecule has 0 bridgehead atoms. The largest absolute Gasteiger partial charge is 0.381 e. The third-order valence-electron chi connectivity index (χ3n) is 5.10. The molecule has 0 unspecified atom stereocenters. The van der Waals surface area contributed by atoms with E-state index in [4.69, 9.17) is 10.5 Å². The normalized spacial score (nSPS) is 27.0. The van der Waals surface area contributed by atoms with Crippen LogP contribution >= 0.6 is 0 Å². The zero-order chi connectivity index (χ0) is 12.9. The Morgan fingerprint density at radius 1 is 1.00 bits per heavy atom. The van der Waals surface area contributed by atoms with Gasteiger partial charge in [0.1, 0.15) is 0 Å². The van der Waals surface area contributed by atoms with Gasteiger partial charge in [0.15, 0.2) is 0 Å². The maximum atomic E-state index is 5.99. The molecule has 0 aromatic carbocycles. The van der Waals surface area contributed by atoms with E-state index in [0.717, 1.165) is 45.7 Å². The molecule has 1 aliphatic carbocycles. The Hall–Kier alpha value is -0.120. The second kappa shape index (κ2) is 6.36. The van der Waals surface area contributed by atoms with Gasteiger partial charge < -0.3 is 15.8 Å². The lowest BCUT2D eigenvalue weighted by Gasteiger charge is -2.39. The molecule has 2 fully saturated rings. The zero-order valence-corrected chi connectivity index (χ0v) is 12.0. The highest BCUT2D eigenvalue weighted by Gasteiger charge is 2.32. The maximum Gasteiger partial charge on any atom is 0.0472 e. The summed E-state index contributed by atoms with van der Waals surface area (Å²) in [6.45, 7) is 7.24. The molecule has 0 atom stereocenters. The summed E-state index contributed by atoms with van der Waals surface area (Å²) >= 11 is 0. The van der Waals surface area contributed by atoms with Crippen molar-refractivity contribution < 1.29 is 4.74 Å². The summed E-state index contributed by atoms with van der Waals surface area (Å²) in [6.07, 6.45) is 9.26. The number of ether oxygens (including phenoxy) is 1. The number of nitrogens with one attached hydrogen (secondary N) is 1. The fraction of sp³-hybridized carbons (Fsp3) is 1.00. The monoisotopic (exact) mass is 254 g/mol. The van der Waals surface area contributed by atoms with Crippen LogP contribution in [-0.4, -0.2) is 32.8 Å². The summed E-state index contributed by atoms with van der Waals surface area (Å²) in [6, 6.07) is 0. The van der Waals surface area contributed by atoms with E-state index in [0.29, 0.717) is 10.8 Å². The second-order valence-electron chi connectivity index (χ2n) is 6.79. The van der Waals surface area contributed by atoms with E-state index >= 15 is 0 Å². The molecule has 106 valence electrons. The Bertz CT molecular complexity index is 243. The van der Waals surface area contributed by atoms with Gasteiger partial charge in [-0.1, -0.05) is 26.2 Å². The van der Waals surface area contributed by atoms with Gasteiger partial charge >= 0.3 is 0 Å². The molecule has 0 amide bonds. The van der Waals surface area contributed by atoms with Crippen LogP contribution < -0.4 is 11.1 Å². The quantitative estimate of drug-likeness (QED) is 0.791. The van der Waals surface area contributed by atoms with Gasteiger partial charge in [0, 0.05) is 26.3 Å². The summed E-state index contributed by atoms with van der Waals surface area (Å²) in [5, 5.41) is 3.72. The number of rotatable bonds is 5.